The Labute approximate surface area is 141 Å². The van der Waals surface area contributed by atoms with Crippen molar-refractivity contribution in [2.45, 2.75) is 38.3 Å². The van der Waals surface area contributed by atoms with Crippen molar-refractivity contribution in [3.05, 3.63) is 65.7 Å². The van der Waals surface area contributed by atoms with Gasteiger partial charge in [0.2, 0.25) is 0 Å². The molecular weight excluding hydrogens is 301 g/mol. The van der Waals surface area contributed by atoms with E-state index in [-0.39, 0.29) is 5.82 Å². The second-order valence-corrected chi connectivity index (χ2v) is 6.69. The summed E-state index contributed by atoms with van der Waals surface area (Å²) in [6, 6.07) is 13.7. The molecule has 1 aromatic carbocycles. The first-order valence-electron chi connectivity index (χ1n) is 8.69. The van der Waals surface area contributed by atoms with Crippen LogP contribution in [0.2, 0.25) is 0 Å². The number of rotatable bonds is 4. The van der Waals surface area contributed by atoms with Crippen LogP contribution in [0.15, 0.2) is 48.7 Å². The Bertz CT molecular complexity index is 776. The summed E-state index contributed by atoms with van der Waals surface area (Å²) in [5.74, 6) is -0.167. The Morgan fingerprint density at radius 3 is 2.88 bits per heavy atom. The number of benzene rings is 1. The molecule has 1 unspecified atom stereocenters. The maximum Gasteiger partial charge on any atom is 0.137 e. The van der Waals surface area contributed by atoms with Crippen molar-refractivity contribution in [3.8, 4) is 0 Å². The van der Waals surface area contributed by atoms with E-state index in [9.17, 15) is 4.39 Å². The number of likely N-dealkylation sites (tertiary alicyclic amines) is 1. The number of nitrogens with zero attached hydrogens (tertiary/aromatic N) is 2. The monoisotopic (exact) mass is 323 g/mol. The molecule has 24 heavy (non-hydrogen) atoms. The van der Waals surface area contributed by atoms with E-state index >= 15 is 0 Å². The Kier molecular flexibility index (Phi) is 4.30. The van der Waals surface area contributed by atoms with Crippen LogP contribution in [0.4, 0.5) is 4.39 Å². The van der Waals surface area contributed by atoms with E-state index in [4.69, 9.17) is 0 Å². The Morgan fingerprint density at radius 2 is 2.04 bits per heavy atom. The molecule has 0 amide bonds. The van der Waals surface area contributed by atoms with Gasteiger partial charge in [-0.1, -0.05) is 18.6 Å². The Hall–Kier alpha value is -2.20. The first kappa shape index (κ1) is 15.3. The smallest absolute Gasteiger partial charge is 0.137 e. The molecule has 0 bridgehead atoms. The van der Waals surface area contributed by atoms with Gasteiger partial charge in [0.1, 0.15) is 11.5 Å². The highest BCUT2D eigenvalue weighted by Crippen LogP contribution is 2.24. The van der Waals surface area contributed by atoms with Gasteiger partial charge < -0.3 is 4.98 Å². The fraction of sp³-hybridized carbons (Fsp3) is 0.350. The minimum absolute atomic E-state index is 0.167. The molecular formula is C20H22FN3. The number of hydrogen-bond donors (Lipinski definition) is 1. The van der Waals surface area contributed by atoms with E-state index < -0.39 is 0 Å². The van der Waals surface area contributed by atoms with Gasteiger partial charge in [-0.05, 0) is 55.3 Å². The summed E-state index contributed by atoms with van der Waals surface area (Å²) in [5, 5.41) is 1.17. The fourth-order valence-corrected chi connectivity index (χ4v) is 3.70. The van der Waals surface area contributed by atoms with Crippen LogP contribution < -0.4 is 0 Å². The minimum Gasteiger partial charge on any atom is -0.343 e. The van der Waals surface area contributed by atoms with Crippen molar-refractivity contribution in [2.75, 3.05) is 6.54 Å². The van der Waals surface area contributed by atoms with Crippen molar-refractivity contribution < 1.29 is 4.39 Å². The molecule has 1 saturated heterocycles. The zero-order valence-electron chi connectivity index (χ0n) is 13.7. The average Bonchev–Trinajstić information content (AvgIpc) is 3.01. The molecule has 3 nitrogen and oxygen atoms in total. The number of aromatic nitrogens is 2. The third-order valence-corrected chi connectivity index (χ3v) is 4.95. The highest BCUT2D eigenvalue weighted by molar-refractivity contribution is 5.76. The topological polar surface area (TPSA) is 31.9 Å². The predicted molar refractivity (Wildman–Crippen MR) is 94.2 cm³/mol. The molecule has 2 aromatic heterocycles. The van der Waals surface area contributed by atoms with Gasteiger partial charge in [0.05, 0.1) is 0 Å². The van der Waals surface area contributed by atoms with Crippen LogP contribution in [0, 0.1) is 5.82 Å². The maximum absolute atomic E-state index is 13.1. The predicted octanol–water partition coefficient (Wildman–Crippen LogP) is 4.30. The maximum atomic E-state index is 13.1. The molecule has 3 aromatic rings. The largest absolute Gasteiger partial charge is 0.343 e. The average molecular weight is 323 g/mol. The second-order valence-electron chi connectivity index (χ2n) is 6.69. The van der Waals surface area contributed by atoms with Crippen LogP contribution in [-0.4, -0.2) is 27.5 Å². The van der Waals surface area contributed by atoms with Gasteiger partial charge in [-0.2, -0.15) is 0 Å². The van der Waals surface area contributed by atoms with Gasteiger partial charge in [-0.25, -0.2) is 9.37 Å². The van der Waals surface area contributed by atoms with Crippen molar-refractivity contribution >= 4 is 11.0 Å². The normalized spacial score (nSPS) is 19.0. The van der Waals surface area contributed by atoms with E-state index in [1.807, 2.05) is 24.4 Å². The van der Waals surface area contributed by atoms with Gasteiger partial charge >= 0.3 is 0 Å². The molecule has 0 saturated carbocycles. The molecule has 4 heteroatoms. The highest BCUT2D eigenvalue weighted by atomic mass is 19.1. The van der Waals surface area contributed by atoms with Crippen LogP contribution in [0.1, 0.15) is 30.5 Å². The number of fused-ring (bicyclic) bond motifs is 1. The summed E-state index contributed by atoms with van der Waals surface area (Å²) in [6.45, 7) is 2.00. The van der Waals surface area contributed by atoms with Crippen molar-refractivity contribution in [1.82, 2.24) is 14.9 Å². The minimum atomic E-state index is -0.167. The van der Waals surface area contributed by atoms with E-state index in [0.717, 1.165) is 25.2 Å². The third kappa shape index (κ3) is 3.34. The summed E-state index contributed by atoms with van der Waals surface area (Å²) >= 11 is 0. The summed E-state index contributed by atoms with van der Waals surface area (Å²) in [7, 11) is 0. The Morgan fingerprint density at radius 1 is 1.17 bits per heavy atom. The standard InChI is InChI=1S/C20H22FN3/c21-17-8-6-15(7-9-17)14-24-11-2-1-5-19(24)13-18-12-16-4-3-10-22-20(16)23-18/h3-4,6-10,12,19H,1-2,5,11,13-14H2,(H,22,23). The number of nitrogens with one attached hydrogen (secondary N) is 1. The van der Waals surface area contributed by atoms with Gasteiger partial charge in [-0.3, -0.25) is 4.90 Å². The molecule has 3 heterocycles. The van der Waals surface area contributed by atoms with Gasteiger partial charge in [-0.15, -0.1) is 0 Å². The molecule has 4 rings (SSSR count). The lowest BCUT2D eigenvalue weighted by molar-refractivity contribution is 0.138. The quantitative estimate of drug-likeness (QED) is 0.776. The molecule has 1 aliphatic heterocycles. The third-order valence-electron chi connectivity index (χ3n) is 4.95. The van der Waals surface area contributed by atoms with E-state index in [0.29, 0.717) is 6.04 Å². The van der Waals surface area contributed by atoms with Gasteiger partial charge in [0, 0.05) is 36.3 Å². The van der Waals surface area contributed by atoms with E-state index in [2.05, 4.69) is 27.0 Å². The van der Waals surface area contributed by atoms with Crippen molar-refractivity contribution in [1.29, 1.82) is 0 Å². The summed E-state index contributed by atoms with van der Waals surface area (Å²) < 4.78 is 13.1. The van der Waals surface area contributed by atoms with Gasteiger partial charge in [0.25, 0.3) is 0 Å². The number of aromatic amines is 1. The lowest BCUT2D eigenvalue weighted by Crippen LogP contribution is -2.40. The molecule has 1 N–H and O–H groups in total. The number of pyridine rings is 1. The highest BCUT2D eigenvalue weighted by Gasteiger charge is 2.23. The summed E-state index contributed by atoms with van der Waals surface area (Å²) in [4.78, 5) is 10.4. The Balaban J connectivity index is 1.50. The lowest BCUT2D eigenvalue weighted by atomic mass is 9.97. The number of piperidine rings is 1. The molecule has 0 radical (unpaired) electrons. The van der Waals surface area contributed by atoms with Crippen LogP contribution in [-0.2, 0) is 13.0 Å². The van der Waals surface area contributed by atoms with Crippen LogP contribution in [0.3, 0.4) is 0 Å². The SMILES string of the molecule is Fc1ccc(CN2CCCCC2Cc2cc3cccnc3[nH]2)cc1. The molecule has 1 aliphatic rings. The first-order chi connectivity index (χ1) is 11.8. The van der Waals surface area contributed by atoms with Crippen molar-refractivity contribution in [3.63, 3.8) is 0 Å². The zero-order valence-corrected chi connectivity index (χ0v) is 13.7. The zero-order chi connectivity index (χ0) is 16.4. The number of H-pyrrole nitrogens is 1. The fourth-order valence-electron chi connectivity index (χ4n) is 3.70. The number of halogens is 1. The van der Waals surface area contributed by atoms with Crippen LogP contribution >= 0.6 is 0 Å². The first-order valence-corrected chi connectivity index (χ1v) is 8.69. The van der Waals surface area contributed by atoms with Gasteiger partial charge in [0.15, 0.2) is 0 Å². The van der Waals surface area contributed by atoms with Crippen LogP contribution in [0.5, 0.6) is 0 Å². The van der Waals surface area contributed by atoms with Crippen molar-refractivity contribution in [2.24, 2.45) is 0 Å². The number of hydrogen-bond acceptors (Lipinski definition) is 2. The molecule has 0 spiro atoms. The summed E-state index contributed by atoms with van der Waals surface area (Å²) in [6.07, 6.45) is 6.57. The van der Waals surface area contributed by atoms with E-state index in [1.165, 1.54) is 35.9 Å². The second kappa shape index (κ2) is 6.73. The summed E-state index contributed by atoms with van der Waals surface area (Å²) in [5.41, 5.74) is 3.40. The molecule has 0 aliphatic carbocycles. The molecule has 1 atom stereocenters. The lowest BCUT2D eigenvalue weighted by Gasteiger charge is -2.35. The van der Waals surface area contributed by atoms with Crippen LogP contribution in [0.25, 0.3) is 11.0 Å². The molecule has 124 valence electrons. The van der Waals surface area contributed by atoms with E-state index in [1.54, 1.807) is 12.1 Å². The molecule has 1 fully saturated rings.